The van der Waals surface area contributed by atoms with Crippen LogP contribution >= 0.6 is 0 Å². The fraction of sp³-hybridized carbons (Fsp3) is 0.154. The number of fused-ring (bicyclic) bond motifs is 1. The third kappa shape index (κ3) is 4.67. The molecule has 0 saturated heterocycles. The van der Waals surface area contributed by atoms with Crippen molar-refractivity contribution in [3.63, 3.8) is 0 Å². The number of esters is 1. The minimum absolute atomic E-state index is 0.0802. The first-order chi connectivity index (χ1) is 16.0. The Morgan fingerprint density at radius 1 is 0.879 bits per heavy atom. The van der Waals surface area contributed by atoms with Gasteiger partial charge >= 0.3 is 5.97 Å². The number of hydrogen-bond acceptors (Lipinski definition) is 7. The Morgan fingerprint density at radius 3 is 2.30 bits per heavy atom. The molecule has 4 aromatic rings. The topological polar surface area (TPSA) is 84.2 Å². The minimum atomic E-state index is -0.606. The number of carbonyl (C=O) groups is 1. The van der Waals surface area contributed by atoms with Crippen molar-refractivity contribution in [2.24, 2.45) is 0 Å². The molecule has 0 unspecified atom stereocenters. The van der Waals surface area contributed by atoms with Gasteiger partial charge in [0.25, 0.3) is 0 Å². The molecule has 0 aliphatic carbocycles. The smallest absolute Gasteiger partial charge is 0.343 e. The second-order valence-electron chi connectivity index (χ2n) is 7.14. The highest BCUT2D eigenvalue weighted by Gasteiger charge is 2.15. The van der Waals surface area contributed by atoms with Crippen LogP contribution in [0.25, 0.3) is 11.0 Å². The van der Waals surface area contributed by atoms with E-state index in [0.29, 0.717) is 22.6 Å². The SMILES string of the molecule is CCc1ccccc1Oc1coc2cc(OC(=O)c3cc(OC)cc(OC)c3)ccc2c1=O. The van der Waals surface area contributed by atoms with E-state index >= 15 is 0 Å². The summed E-state index contributed by atoms with van der Waals surface area (Å²) in [6.45, 7) is 2.01. The highest BCUT2D eigenvalue weighted by atomic mass is 16.5. The second kappa shape index (κ2) is 9.48. The van der Waals surface area contributed by atoms with Crippen LogP contribution < -0.4 is 24.4 Å². The van der Waals surface area contributed by atoms with E-state index in [9.17, 15) is 9.59 Å². The number of rotatable bonds is 7. The minimum Gasteiger partial charge on any atom is -0.497 e. The maximum Gasteiger partial charge on any atom is 0.343 e. The second-order valence-corrected chi connectivity index (χ2v) is 7.14. The Hall–Kier alpha value is -4.26. The Morgan fingerprint density at radius 2 is 1.61 bits per heavy atom. The molecule has 0 aliphatic heterocycles. The summed E-state index contributed by atoms with van der Waals surface area (Å²) >= 11 is 0. The van der Waals surface area contributed by atoms with Gasteiger partial charge in [-0.1, -0.05) is 25.1 Å². The van der Waals surface area contributed by atoms with E-state index < -0.39 is 5.97 Å². The van der Waals surface area contributed by atoms with Crippen molar-refractivity contribution < 1.29 is 28.2 Å². The molecular formula is C26H22O7. The van der Waals surface area contributed by atoms with Gasteiger partial charge in [0, 0.05) is 12.1 Å². The van der Waals surface area contributed by atoms with Gasteiger partial charge in [-0.05, 0) is 42.3 Å². The summed E-state index contributed by atoms with van der Waals surface area (Å²) in [4.78, 5) is 25.5. The van der Waals surface area contributed by atoms with Crippen molar-refractivity contribution in [3.05, 3.63) is 88.3 Å². The van der Waals surface area contributed by atoms with Crippen LogP contribution in [0.4, 0.5) is 0 Å². The van der Waals surface area contributed by atoms with E-state index in [4.69, 9.17) is 23.4 Å². The van der Waals surface area contributed by atoms with Gasteiger partial charge in [-0.25, -0.2) is 4.79 Å². The van der Waals surface area contributed by atoms with Crippen molar-refractivity contribution in [1.82, 2.24) is 0 Å². The van der Waals surface area contributed by atoms with Crippen molar-refractivity contribution in [2.45, 2.75) is 13.3 Å². The Kier molecular flexibility index (Phi) is 6.31. The van der Waals surface area contributed by atoms with Crippen LogP contribution in [0.1, 0.15) is 22.8 Å². The van der Waals surface area contributed by atoms with Gasteiger partial charge in [-0.3, -0.25) is 4.79 Å². The van der Waals surface area contributed by atoms with Crippen LogP contribution in [0.3, 0.4) is 0 Å². The van der Waals surface area contributed by atoms with Gasteiger partial charge in [0.1, 0.15) is 34.8 Å². The first-order valence-electron chi connectivity index (χ1n) is 10.3. The monoisotopic (exact) mass is 446 g/mol. The van der Waals surface area contributed by atoms with Crippen LogP contribution in [0.5, 0.6) is 28.7 Å². The molecule has 168 valence electrons. The molecule has 0 bridgehead atoms. The average molecular weight is 446 g/mol. The predicted molar refractivity (Wildman–Crippen MR) is 123 cm³/mol. The van der Waals surface area contributed by atoms with E-state index in [2.05, 4.69) is 0 Å². The molecular weight excluding hydrogens is 424 g/mol. The quantitative estimate of drug-likeness (QED) is 0.278. The molecule has 3 aromatic carbocycles. The lowest BCUT2D eigenvalue weighted by molar-refractivity contribution is 0.0734. The van der Waals surface area contributed by atoms with E-state index in [1.165, 1.54) is 38.7 Å². The van der Waals surface area contributed by atoms with Gasteiger partial charge in [0.05, 0.1) is 25.2 Å². The molecule has 0 amide bonds. The number of ether oxygens (including phenoxy) is 4. The van der Waals surface area contributed by atoms with Crippen LogP contribution in [0.2, 0.25) is 0 Å². The fourth-order valence-electron chi connectivity index (χ4n) is 3.33. The normalized spacial score (nSPS) is 10.6. The average Bonchev–Trinajstić information content (AvgIpc) is 2.85. The summed E-state index contributed by atoms with van der Waals surface area (Å²) in [6.07, 6.45) is 2.03. The molecule has 0 aliphatic rings. The van der Waals surface area contributed by atoms with Gasteiger partial charge in [-0.15, -0.1) is 0 Å². The first-order valence-corrected chi connectivity index (χ1v) is 10.3. The van der Waals surface area contributed by atoms with Crippen molar-refractivity contribution >= 4 is 16.9 Å². The van der Waals surface area contributed by atoms with Crippen molar-refractivity contribution in [3.8, 4) is 28.7 Å². The molecule has 0 N–H and O–H groups in total. The third-order valence-corrected chi connectivity index (χ3v) is 5.09. The van der Waals surface area contributed by atoms with E-state index in [1.807, 2.05) is 25.1 Å². The molecule has 0 spiro atoms. The third-order valence-electron chi connectivity index (χ3n) is 5.09. The number of aryl methyl sites for hydroxylation is 1. The molecule has 1 aromatic heterocycles. The summed E-state index contributed by atoms with van der Waals surface area (Å²) in [5.74, 6) is 1.22. The van der Waals surface area contributed by atoms with Gasteiger partial charge in [0.2, 0.25) is 11.2 Å². The Labute approximate surface area is 190 Å². The van der Waals surface area contributed by atoms with Crippen molar-refractivity contribution in [2.75, 3.05) is 14.2 Å². The Balaban J connectivity index is 1.60. The summed E-state index contributed by atoms with van der Waals surface area (Å²) < 4.78 is 27.3. The lowest BCUT2D eigenvalue weighted by Gasteiger charge is -2.10. The number of benzene rings is 3. The summed E-state index contributed by atoms with van der Waals surface area (Å²) in [5, 5.41) is 0.310. The van der Waals surface area contributed by atoms with E-state index in [-0.39, 0.29) is 28.1 Å². The molecule has 0 saturated carbocycles. The molecule has 0 fully saturated rings. The molecule has 4 rings (SSSR count). The van der Waals surface area contributed by atoms with Crippen LogP contribution in [0.15, 0.2) is 76.1 Å². The lowest BCUT2D eigenvalue weighted by Crippen LogP contribution is -2.10. The standard InChI is InChI=1S/C26H22O7/c1-4-16-7-5-6-8-22(16)33-24-15-31-23-14-18(9-10-21(23)25(24)27)32-26(28)17-11-19(29-2)13-20(12-17)30-3/h5-15H,4H2,1-3H3. The Bertz CT molecular complexity index is 1350. The zero-order valence-electron chi connectivity index (χ0n) is 18.4. The van der Waals surface area contributed by atoms with Crippen LogP contribution in [-0.4, -0.2) is 20.2 Å². The first kappa shape index (κ1) is 22.0. The van der Waals surface area contributed by atoms with Gasteiger partial charge in [-0.2, -0.15) is 0 Å². The number of para-hydroxylation sites is 1. The molecule has 7 nitrogen and oxygen atoms in total. The van der Waals surface area contributed by atoms with E-state index in [1.54, 1.807) is 24.3 Å². The zero-order valence-corrected chi connectivity index (χ0v) is 18.4. The zero-order chi connectivity index (χ0) is 23.4. The molecule has 0 radical (unpaired) electrons. The summed E-state index contributed by atoms with van der Waals surface area (Å²) in [5.41, 5.74) is 1.18. The van der Waals surface area contributed by atoms with E-state index in [0.717, 1.165) is 12.0 Å². The van der Waals surface area contributed by atoms with Gasteiger partial charge in [0.15, 0.2) is 0 Å². The number of methoxy groups -OCH3 is 2. The molecule has 7 heteroatoms. The molecule has 0 atom stereocenters. The van der Waals surface area contributed by atoms with Gasteiger partial charge < -0.3 is 23.4 Å². The number of carbonyl (C=O) groups excluding carboxylic acids is 1. The molecule has 1 heterocycles. The maximum atomic E-state index is 12.9. The van der Waals surface area contributed by atoms with Crippen molar-refractivity contribution in [1.29, 1.82) is 0 Å². The lowest BCUT2D eigenvalue weighted by atomic mass is 10.1. The highest BCUT2D eigenvalue weighted by Crippen LogP contribution is 2.28. The highest BCUT2D eigenvalue weighted by molar-refractivity contribution is 5.92. The summed E-state index contributed by atoms with van der Waals surface area (Å²) in [7, 11) is 2.99. The summed E-state index contributed by atoms with van der Waals surface area (Å²) in [6, 6.07) is 16.8. The maximum absolute atomic E-state index is 12.9. The van der Waals surface area contributed by atoms with Crippen LogP contribution in [0, 0.1) is 0 Å². The largest absolute Gasteiger partial charge is 0.497 e. The molecule has 33 heavy (non-hydrogen) atoms. The predicted octanol–water partition coefficient (Wildman–Crippen LogP) is 5.38. The fourth-order valence-corrected chi connectivity index (χ4v) is 3.33. The number of hydrogen-bond donors (Lipinski definition) is 0. The van der Waals surface area contributed by atoms with Crippen LogP contribution in [-0.2, 0) is 6.42 Å².